The van der Waals surface area contributed by atoms with Crippen molar-refractivity contribution < 1.29 is 9.50 Å². The number of hydrogen-bond acceptors (Lipinski definition) is 6. The number of hydrazone groups is 1. The van der Waals surface area contributed by atoms with Gasteiger partial charge in [-0.1, -0.05) is 37.5 Å². The molecule has 1 saturated carbocycles. The Kier molecular flexibility index (Phi) is 9.20. The van der Waals surface area contributed by atoms with Gasteiger partial charge in [0.2, 0.25) is 0 Å². The second-order valence-electron chi connectivity index (χ2n) is 6.35. The van der Waals surface area contributed by atoms with Gasteiger partial charge in [0.25, 0.3) is 0 Å². The summed E-state index contributed by atoms with van der Waals surface area (Å²) in [6.07, 6.45) is 11.9. The number of aromatic nitrogens is 2. The third-order valence-electron chi connectivity index (χ3n) is 4.36. The van der Waals surface area contributed by atoms with Crippen LogP contribution in [-0.4, -0.2) is 41.0 Å². The summed E-state index contributed by atoms with van der Waals surface area (Å²) < 4.78 is 12.7. The number of hydrogen-bond donors (Lipinski definition) is 3. The van der Waals surface area contributed by atoms with E-state index in [1.165, 1.54) is 38.2 Å². The van der Waals surface area contributed by atoms with Crippen LogP contribution >= 0.6 is 0 Å². The molecule has 1 heterocycles. The lowest BCUT2D eigenvalue weighted by atomic mass is 9.95. The Hall–Kier alpha value is -2.54. The number of benzene rings is 1. The number of nitrogens with one attached hydrogen (secondary N) is 2. The molecule has 0 aliphatic heterocycles. The molecule has 0 spiro atoms. The maximum Gasteiger partial charge on any atom is 0.138 e. The molecule has 6 nitrogen and oxygen atoms in total. The lowest BCUT2D eigenvalue weighted by molar-refractivity contribution is 0.297. The van der Waals surface area contributed by atoms with Crippen molar-refractivity contribution in [3.8, 4) is 0 Å². The number of aliphatic hydroxyl groups excluding tert-OH is 1. The van der Waals surface area contributed by atoms with Gasteiger partial charge in [-0.3, -0.25) is 0 Å². The minimum absolute atomic E-state index is 0.000926. The van der Waals surface area contributed by atoms with Crippen molar-refractivity contribution in [2.75, 3.05) is 19.0 Å². The van der Waals surface area contributed by atoms with Crippen LogP contribution in [0.2, 0.25) is 0 Å². The molecule has 2 aromatic rings. The molecular formula is C20H28FN5O. The largest absolute Gasteiger partial charge is 0.396 e. The Morgan fingerprint density at radius 2 is 2.04 bits per heavy atom. The Morgan fingerprint density at radius 3 is 2.74 bits per heavy atom. The average molecular weight is 373 g/mol. The number of nitrogens with zero attached hydrogens (tertiary/aromatic N) is 3. The van der Waals surface area contributed by atoms with E-state index in [2.05, 4.69) is 25.8 Å². The van der Waals surface area contributed by atoms with Crippen LogP contribution in [0.15, 0.2) is 41.9 Å². The lowest BCUT2D eigenvalue weighted by Crippen LogP contribution is -2.23. The van der Waals surface area contributed by atoms with Crippen molar-refractivity contribution in [3.63, 3.8) is 0 Å². The summed E-state index contributed by atoms with van der Waals surface area (Å²) in [4.78, 5) is 8.31. The maximum atomic E-state index is 12.7. The van der Waals surface area contributed by atoms with Crippen LogP contribution in [0.25, 0.3) is 0 Å². The molecular weight excluding hydrogens is 345 g/mol. The van der Waals surface area contributed by atoms with Gasteiger partial charge >= 0.3 is 0 Å². The predicted octanol–water partition coefficient (Wildman–Crippen LogP) is 3.14. The van der Waals surface area contributed by atoms with E-state index in [-0.39, 0.29) is 12.4 Å². The zero-order valence-electron chi connectivity index (χ0n) is 15.7. The standard InChI is InChI=1S/C12H19N5.C8H9FO/c1-13-16-8-10-7-14-9-15-12(10)17-11-5-3-2-4-6-11;9-8-4-2-1-3-7(8)5-6-10/h7-9,11,13H,2-6H2,1H3,(H,14,15,17);1-4,10H,5-6H2/b16-8-;. The van der Waals surface area contributed by atoms with E-state index in [0.29, 0.717) is 18.0 Å². The average Bonchev–Trinajstić information content (AvgIpc) is 2.71. The Morgan fingerprint density at radius 1 is 1.26 bits per heavy atom. The molecule has 1 aromatic heterocycles. The molecule has 0 bridgehead atoms. The number of rotatable bonds is 6. The highest BCUT2D eigenvalue weighted by molar-refractivity contribution is 5.85. The molecule has 3 rings (SSSR count). The molecule has 1 aliphatic rings. The zero-order chi connectivity index (χ0) is 19.3. The second kappa shape index (κ2) is 12.0. The van der Waals surface area contributed by atoms with Crippen LogP contribution in [0.4, 0.5) is 10.2 Å². The number of anilines is 1. The van der Waals surface area contributed by atoms with Gasteiger partial charge in [-0.05, 0) is 30.9 Å². The van der Waals surface area contributed by atoms with E-state index >= 15 is 0 Å². The fourth-order valence-corrected chi connectivity index (χ4v) is 2.95. The number of aliphatic hydroxyl groups is 1. The molecule has 1 aliphatic carbocycles. The van der Waals surface area contributed by atoms with Gasteiger partial charge in [-0.15, -0.1) is 0 Å². The molecule has 146 valence electrons. The van der Waals surface area contributed by atoms with Crippen LogP contribution in [0, 0.1) is 5.82 Å². The van der Waals surface area contributed by atoms with Gasteiger partial charge in [-0.25, -0.2) is 14.4 Å². The smallest absolute Gasteiger partial charge is 0.138 e. The van der Waals surface area contributed by atoms with E-state index in [1.807, 2.05) is 0 Å². The first-order chi connectivity index (χ1) is 13.2. The normalized spacial score (nSPS) is 14.5. The second-order valence-corrected chi connectivity index (χ2v) is 6.35. The van der Waals surface area contributed by atoms with Crippen molar-refractivity contribution in [1.29, 1.82) is 0 Å². The van der Waals surface area contributed by atoms with E-state index < -0.39 is 0 Å². The molecule has 0 saturated heterocycles. The van der Waals surface area contributed by atoms with Gasteiger partial charge < -0.3 is 15.8 Å². The Bertz CT molecular complexity index is 704. The van der Waals surface area contributed by atoms with Gasteiger partial charge in [0, 0.05) is 25.9 Å². The first-order valence-corrected chi connectivity index (χ1v) is 9.35. The highest BCUT2D eigenvalue weighted by Gasteiger charge is 2.14. The fourth-order valence-electron chi connectivity index (χ4n) is 2.95. The van der Waals surface area contributed by atoms with E-state index in [0.717, 1.165) is 11.4 Å². The minimum Gasteiger partial charge on any atom is -0.396 e. The fraction of sp³-hybridized carbons (Fsp3) is 0.450. The minimum atomic E-state index is -0.239. The van der Waals surface area contributed by atoms with Crippen molar-refractivity contribution in [1.82, 2.24) is 15.4 Å². The highest BCUT2D eigenvalue weighted by atomic mass is 19.1. The molecule has 0 amide bonds. The molecule has 1 aromatic carbocycles. The topological polar surface area (TPSA) is 82.4 Å². The third-order valence-corrected chi connectivity index (χ3v) is 4.36. The molecule has 0 atom stereocenters. The Labute approximate surface area is 160 Å². The van der Waals surface area contributed by atoms with Gasteiger partial charge in [0.05, 0.1) is 11.8 Å². The van der Waals surface area contributed by atoms with Crippen LogP contribution in [0.5, 0.6) is 0 Å². The van der Waals surface area contributed by atoms with Crippen molar-refractivity contribution >= 4 is 12.0 Å². The SMILES string of the molecule is CN/N=C\c1cncnc1NC1CCCCC1.OCCc1ccccc1F. The van der Waals surface area contributed by atoms with E-state index in [9.17, 15) is 4.39 Å². The quantitative estimate of drug-likeness (QED) is 0.535. The van der Waals surface area contributed by atoms with Crippen LogP contribution in [0.3, 0.4) is 0 Å². The molecule has 0 unspecified atom stereocenters. The first kappa shape index (κ1) is 20.8. The predicted molar refractivity (Wildman–Crippen MR) is 106 cm³/mol. The number of halogens is 1. The zero-order valence-corrected chi connectivity index (χ0v) is 15.7. The third kappa shape index (κ3) is 7.30. The summed E-state index contributed by atoms with van der Waals surface area (Å²) in [5.41, 5.74) is 4.23. The summed E-state index contributed by atoms with van der Waals surface area (Å²) in [7, 11) is 1.77. The maximum absolute atomic E-state index is 12.7. The summed E-state index contributed by atoms with van der Waals surface area (Å²) in [6, 6.07) is 7.00. The molecule has 0 radical (unpaired) electrons. The summed E-state index contributed by atoms with van der Waals surface area (Å²) in [5, 5.41) is 16.0. The first-order valence-electron chi connectivity index (χ1n) is 9.35. The van der Waals surface area contributed by atoms with Crippen LogP contribution < -0.4 is 10.7 Å². The van der Waals surface area contributed by atoms with Gasteiger partial charge in [0.1, 0.15) is 18.0 Å². The Balaban J connectivity index is 0.000000223. The van der Waals surface area contributed by atoms with Crippen molar-refractivity contribution in [2.24, 2.45) is 5.10 Å². The molecule has 3 N–H and O–H groups in total. The van der Waals surface area contributed by atoms with Crippen LogP contribution in [0.1, 0.15) is 43.2 Å². The highest BCUT2D eigenvalue weighted by Crippen LogP contribution is 2.21. The van der Waals surface area contributed by atoms with Gasteiger partial charge in [0.15, 0.2) is 0 Å². The van der Waals surface area contributed by atoms with Gasteiger partial charge in [-0.2, -0.15) is 5.10 Å². The van der Waals surface area contributed by atoms with E-state index in [4.69, 9.17) is 5.11 Å². The lowest BCUT2D eigenvalue weighted by Gasteiger charge is -2.23. The summed E-state index contributed by atoms with van der Waals surface area (Å²) in [6.45, 7) is 0.000926. The monoisotopic (exact) mass is 373 g/mol. The van der Waals surface area contributed by atoms with Crippen LogP contribution in [-0.2, 0) is 6.42 Å². The summed E-state index contributed by atoms with van der Waals surface area (Å²) >= 11 is 0. The van der Waals surface area contributed by atoms with E-state index in [1.54, 1.807) is 44.0 Å². The summed E-state index contributed by atoms with van der Waals surface area (Å²) in [5.74, 6) is 0.641. The molecule has 7 heteroatoms. The molecule has 1 fully saturated rings. The van der Waals surface area contributed by atoms with Crippen molar-refractivity contribution in [2.45, 2.75) is 44.6 Å². The molecule has 27 heavy (non-hydrogen) atoms. The van der Waals surface area contributed by atoms with Crippen molar-refractivity contribution in [3.05, 3.63) is 53.7 Å².